The van der Waals surface area contributed by atoms with E-state index < -0.39 is 0 Å². The first-order chi connectivity index (χ1) is 36.0. The lowest BCUT2D eigenvalue weighted by Crippen LogP contribution is -2.22. The van der Waals surface area contributed by atoms with Crippen LogP contribution >= 0.6 is 0 Å². The van der Waals surface area contributed by atoms with Crippen molar-refractivity contribution in [2.75, 3.05) is 0 Å². The van der Waals surface area contributed by atoms with Crippen LogP contribution in [-0.2, 0) is 11.8 Å². The molecule has 73 heavy (non-hydrogen) atoms. The van der Waals surface area contributed by atoms with Gasteiger partial charge in [0.15, 0.2) is 0 Å². The average molecular weight is 935 g/mol. The van der Waals surface area contributed by atoms with Crippen molar-refractivity contribution in [1.82, 2.24) is 9.13 Å². The first-order valence-electron chi connectivity index (χ1n) is 26.3. The number of hydrogen-bond acceptors (Lipinski definition) is 0. The van der Waals surface area contributed by atoms with Gasteiger partial charge in [0.25, 0.3) is 0 Å². The third kappa shape index (κ3) is 6.42. The SMILES string of the molecule is CC1(C)C2=CC(C3C=Cc4c(c5cc(-c6ccc(-n7c8ccccc8c8ccccc87)cc6)ccc5n4-c4ccc(C5=C6C=CC=CC6C(c6ccccc6)c6ccccc65)cc4)C3)CC=C2c2ccccc21. The van der Waals surface area contributed by atoms with E-state index in [1.165, 1.54) is 122 Å². The molecule has 0 saturated heterocycles. The summed E-state index contributed by atoms with van der Waals surface area (Å²) in [7, 11) is 0. The van der Waals surface area contributed by atoms with Crippen LogP contribution < -0.4 is 0 Å². The standard InChI is InChI=1S/C71H54N2/c1-71(2)63-25-13-10-18-53(63)54-39-32-50(44-64(54)71)49-34-41-68-62(43-49)61-42-48(45-28-35-51(36-29-45)72-65-26-14-11-19-55(65)56-20-12-15-27-66(56)72)33-40-67(61)73(68)52-37-30-47(31-38-52)70-59-23-8-6-21-57(59)69(46-16-4-3-5-17-46)58-22-7-9-24-60(58)70/h3-31,33-42,44,49-50,57,69H,32,43H2,1-2H3. The normalized spacial score (nSPS) is 20.1. The molecule has 4 unspecified atom stereocenters. The Morgan fingerprint density at radius 3 is 1.93 bits per heavy atom. The second kappa shape index (κ2) is 16.3. The van der Waals surface area contributed by atoms with Crippen molar-refractivity contribution in [2.45, 2.75) is 38.0 Å². The molecule has 4 atom stereocenters. The van der Waals surface area contributed by atoms with Gasteiger partial charge in [-0.15, -0.1) is 0 Å². The molecule has 0 fully saturated rings. The number of rotatable bonds is 6. The van der Waals surface area contributed by atoms with Crippen LogP contribution in [0.2, 0.25) is 0 Å². The highest BCUT2D eigenvalue weighted by Crippen LogP contribution is 2.54. The van der Waals surface area contributed by atoms with Gasteiger partial charge in [0.05, 0.1) is 16.6 Å². The summed E-state index contributed by atoms with van der Waals surface area (Å²) in [5, 5.41) is 3.90. The summed E-state index contributed by atoms with van der Waals surface area (Å²) in [4.78, 5) is 0. The third-order valence-corrected chi connectivity index (χ3v) is 17.3. The number of benzene rings is 8. The van der Waals surface area contributed by atoms with Crippen molar-refractivity contribution < 1.29 is 0 Å². The van der Waals surface area contributed by atoms with E-state index in [0.717, 1.165) is 12.8 Å². The predicted octanol–water partition coefficient (Wildman–Crippen LogP) is 17.6. The van der Waals surface area contributed by atoms with Crippen LogP contribution in [0.3, 0.4) is 0 Å². The Balaban J connectivity index is 0.834. The molecule has 0 aliphatic heterocycles. The van der Waals surface area contributed by atoms with E-state index in [4.69, 9.17) is 0 Å². The lowest BCUT2D eigenvalue weighted by Gasteiger charge is -2.36. The van der Waals surface area contributed by atoms with Crippen molar-refractivity contribution in [3.63, 3.8) is 0 Å². The molecule has 348 valence electrons. The molecule has 8 aromatic carbocycles. The molecule has 2 heterocycles. The maximum atomic E-state index is 2.65. The van der Waals surface area contributed by atoms with Crippen LogP contribution in [0.15, 0.2) is 248 Å². The van der Waals surface area contributed by atoms with Crippen molar-refractivity contribution in [3.05, 3.63) is 292 Å². The van der Waals surface area contributed by atoms with Crippen LogP contribution in [0.5, 0.6) is 0 Å². The Morgan fingerprint density at radius 2 is 1.15 bits per heavy atom. The van der Waals surface area contributed by atoms with E-state index >= 15 is 0 Å². The van der Waals surface area contributed by atoms with Gasteiger partial charge in [0, 0.05) is 50.5 Å². The zero-order valence-electron chi connectivity index (χ0n) is 41.2. The van der Waals surface area contributed by atoms with E-state index in [-0.39, 0.29) is 17.3 Å². The monoisotopic (exact) mass is 934 g/mol. The smallest absolute Gasteiger partial charge is 0.0541 e. The Kier molecular flexibility index (Phi) is 9.42. The molecule has 10 aromatic rings. The highest BCUT2D eigenvalue weighted by molar-refractivity contribution is 6.09. The molecular weight excluding hydrogens is 881 g/mol. The minimum absolute atomic E-state index is 0.0101. The second-order valence-corrected chi connectivity index (χ2v) is 21.5. The zero-order valence-corrected chi connectivity index (χ0v) is 41.2. The molecule has 0 bridgehead atoms. The van der Waals surface area contributed by atoms with Crippen LogP contribution in [0.25, 0.3) is 72.4 Å². The van der Waals surface area contributed by atoms with Gasteiger partial charge >= 0.3 is 0 Å². The molecule has 2 nitrogen and oxygen atoms in total. The summed E-state index contributed by atoms with van der Waals surface area (Å²) in [5.41, 5.74) is 25.1. The molecule has 2 heteroatoms. The maximum absolute atomic E-state index is 2.65. The maximum Gasteiger partial charge on any atom is 0.0541 e. The first kappa shape index (κ1) is 42.2. The third-order valence-electron chi connectivity index (χ3n) is 17.3. The van der Waals surface area contributed by atoms with Crippen molar-refractivity contribution >= 4 is 49.9 Å². The van der Waals surface area contributed by atoms with Gasteiger partial charge in [0.2, 0.25) is 0 Å². The molecule has 0 N–H and O–H groups in total. The molecule has 0 saturated carbocycles. The number of hydrogen-bond donors (Lipinski definition) is 0. The number of aromatic nitrogens is 2. The van der Waals surface area contributed by atoms with Gasteiger partial charge in [-0.25, -0.2) is 0 Å². The van der Waals surface area contributed by atoms with E-state index in [9.17, 15) is 0 Å². The molecule has 5 aliphatic rings. The molecule has 5 aliphatic carbocycles. The fourth-order valence-corrected chi connectivity index (χ4v) is 13.9. The molecule has 15 rings (SSSR count). The van der Waals surface area contributed by atoms with Gasteiger partial charge in [0.1, 0.15) is 0 Å². The van der Waals surface area contributed by atoms with Crippen LogP contribution in [-0.4, -0.2) is 9.13 Å². The van der Waals surface area contributed by atoms with E-state index in [0.29, 0.717) is 11.8 Å². The second-order valence-electron chi connectivity index (χ2n) is 21.5. The van der Waals surface area contributed by atoms with Gasteiger partial charge in [-0.2, -0.15) is 0 Å². The Hall–Kier alpha value is -8.46. The fourth-order valence-electron chi connectivity index (χ4n) is 13.9. The lowest BCUT2D eigenvalue weighted by molar-refractivity contribution is 0.465. The van der Waals surface area contributed by atoms with Crippen molar-refractivity contribution in [2.24, 2.45) is 17.8 Å². The van der Waals surface area contributed by atoms with E-state index in [1.54, 1.807) is 0 Å². The van der Waals surface area contributed by atoms with Gasteiger partial charge in [-0.1, -0.05) is 202 Å². The Morgan fingerprint density at radius 1 is 0.507 bits per heavy atom. The summed E-state index contributed by atoms with van der Waals surface area (Å²) in [6, 6.07) is 72.7. The number of fused-ring (bicyclic) bond motifs is 11. The minimum Gasteiger partial charge on any atom is -0.310 e. The number of nitrogens with zero attached hydrogens (tertiary/aromatic N) is 2. The summed E-state index contributed by atoms with van der Waals surface area (Å²) >= 11 is 0. The van der Waals surface area contributed by atoms with E-state index in [1.807, 2.05) is 0 Å². The summed E-state index contributed by atoms with van der Waals surface area (Å²) in [6.07, 6.45) is 21.5. The number of allylic oxidation sites excluding steroid dienone is 10. The Bertz CT molecular complexity index is 4050. The van der Waals surface area contributed by atoms with Gasteiger partial charge in [-0.05, 0) is 152 Å². The van der Waals surface area contributed by atoms with Crippen molar-refractivity contribution in [1.29, 1.82) is 0 Å². The highest BCUT2D eigenvalue weighted by atomic mass is 15.0. The molecule has 0 spiro atoms. The minimum atomic E-state index is -0.0101. The fraction of sp³-hybridized carbons (Fsp3) is 0.127. The van der Waals surface area contributed by atoms with Gasteiger partial charge in [-0.3, -0.25) is 0 Å². The topological polar surface area (TPSA) is 9.86 Å². The summed E-state index contributed by atoms with van der Waals surface area (Å²) in [6.45, 7) is 4.83. The summed E-state index contributed by atoms with van der Waals surface area (Å²) in [5.74, 6) is 1.33. The van der Waals surface area contributed by atoms with Gasteiger partial charge < -0.3 is 9.13 Å². The zero-order chi connectivity index (χ0) is 48.4. The Labute approximate surface area is 427 Å². The van der Waals surface area contributed by atoms with Crippen LogP contribution in [0.4, 0.5) is 0 Å². The molecule has 2 aromatic heterocycles. The van der Waals surface area contributed by atoms with Crippen molar-refractivity contribution in [3.8, 4) is 22.5 Å². The molecule has 0 amide bonds. The quantitative estimate of drug-likeness (QED) is 0.157. The predicted molar refractivity (Wildman–Crippen MR) is 305 cm³/mol. The van der Waals surface area contributed by atoms with Crippen LogP contribution in [0.1, 0.15) is 70.8 Å². The van der Waals surface area contributed by atoms with Crippen LogP contribution in [0, 0.1) is 17.8 Å². The highest BCUT2D eigenvalue weighted by Gasteiger charge is 2.41. The summed E-state index contributed by atoms with van der Waals surface area (Å²) < 4.78 is 4.94. The first-order valence-corrected chi connectivity index (χ1v) is 26.3. The number of para-hydroxylation sites is 2. The van der Waals surface area contributed by atoms with E-state index in [2.05, 4.69) is 266 Å². The molecule has 0 radical (unpaired) electrons. The largest absolute Gasteiger partial charge is 0.310 e. The molecular formula is C71H54N2. The lowest BCUT2D eigenvalue weighted by atomic mass is 9.66. The average Bonchev–Trinajstić information content (AvgIpc) is 4.06.